The molecule has 1 N–H and O–H groups in total. The van der Waals surface area contributed by atoms with Gasteiger partial charge in [0.05, 0.1) is 11.7 Å². The first kappa shape index (κ1) is 15.7. The minimum atomic E-state index is 0.203. The predicted octanol–water partition coefficient (Wildman–Crippen LogP) is 3.82. The number of anilines is 1. The van der Waals surface area contributed by atoms with Crippen molar-refractivity contribution in [1.29, 1.82) is 0 Å². The second-order valence-corrected chi connectivity index (χ2v) is 4.90. The fraction of sp³-hybridized carbons (Fsp3) is 0.733. The van der Waals surface area contributed by atoms with Gasteiger partial charge in [-0.05, 0) is 26.2 Å². The van der Waals surface area contributed by atoms with E-state index in [1.165, 1.54) is 0 Å². The van der Waals surface area contributed by atoms with Crippen molar-refractivity contribution in [2.75, 3.05) is 11.9 Å². The summed E-state index contributed by atoms with van der Waals surface area (Å²) >= 11 is 0. The molecule has 0 amide bonds. The van der Waals surface area contributed by atoms with E-state index in [-0.39, 0.29) is 6.10 Å². The van der Waals surface area contributed by atoms with Crippen molar-refractivity contribution in [3.05, 3.63) is 11.9 Å². The molecule has 1 rings (SSSR count). The highest BCUT2D eigenvalue weighted by Gasteiger charge is 2.14. The number of aromatic nitrogens is 2. The predicted molar refractivity (Wildman–Crippen MR) is 79.8 cm³/mol. The second-order valence-electron chi connectivity index (χ2n) is 4.90. The van der Waals surface area contributed by atoms with E-state index in [1.54, 1.807) is 6.33 Å². The van der Waals surface area contributed by atoms with E-state index in [0.717, 1.165) is 55.9 Å². The molecule has 19 heavy (non-hydrogen) atoms. The van der Waals surface area contributed by atoms with Crippen LogP contribution in [-0.2, 0) is 6.42 Å². The smallest absolute Gasteiger partial charge is 0.222 e. The molecule has 1 heterocycles. The van der Waals surface area contributed by atoms with Crippen molar-refractivity contribution >= 4 is 5.82 Å². The first-order valence-corrected chi connectivity index (χ1v) is 7.47. The summed E-state index contributed by atoms with van der Waals surface area (Å²) < 4.78 is 5.97. The Balaban J connectivity index is 2.88. The summed E-state index contributed by atoms with van der Waals surface area (Å²) in [6.45, 7) is 9.50. The van der Waals surface area contributed by atoms with Crippen molar-refractivity contribution < 1.29 is 4.74 Å². The second kappa shape index (κ2) is 8.73. The van der Waals surface area contributed by atoms with Gasteiger partial charge in [0.2, 0.25) is 5.88 Å². The SMILES string of the molecule is CCCNc1ncnc(OC(C)CCC)c1CCC. The third-order valence-electron chi connectivity index (χ3n) is 2.96. The third-order valence-corrected chi connectivity index (χ3v) is 2.96. The number of nitrogens with zero attached hydrogens (tertiary/aromatic N) is 2. The molecule has 0 aromatic carbocycles. The summed E-state index contributed by atoms with van der Waals surface area (Å²) in [6.07, 6.45) is 7.05. The standard InChI is InChI=1S/C15H27N3O/c1-5-8-12(4)19-15-13(9-6-2)14(16-10-7-3)17-11-18-15/h11-12H,5-10H2,1-4H3,(H,16,17,18). The van der Waals surface area contributed by atoms with Crippen molar-refractivity contribution in [3.8, 4) is 5.88 Å². The van der Waals surface area contributed by atoms with Gasteiger partial charge in [0.15, 0.2) is 0 Å². The minimum absolute atomic E-state index is 0.203. The van der Waals surface area contributed by atoms with Gasteiger partial charge in [0.25, 0.3) is 0 Å². The molecule has 4 nitrogen and oxygen atoms in total. The molecule has 0 saturated heterocycles. The van der Waals surface area contributed by atoms with E-state index in [2.05, 4.69) is 43.0 Å². The summed E-state index contributed by atoms with van der Waals surface area (Å²) in [7, 11) is 0. The Morgan fingerprint density at radius 2 is 1.95 bits per heavy atom. The van der Waals surface area contributed by atoms with Crippen LogP contribution < -0.4 is 10.1 Å². The molecule has 0 radical (unpaired) electrons. The van der Waals surface area contributed by atoms with Gasteiger partial charge in [0.1, 0.15) is 12.1 Å². The molecular weight excluding hydrogens is 238 g/mol. The van der Waals surface area contributed by atoms with Gasteiger partial charge in [-0.25, -0.2) is 9.97 Å². The van der Waals surface area contributed by atoms with Crippen LogP contribution in [0.25, 0.3) is 0 Å². The Morgan fingerprint density at radius 1 is 1.16 bits per heavy atom. The lowest BCUT2D eigenvalue weighted by Crippen LogP contribution is -2.15. The Hall–Kier alpha value is -1.32. The first-order valence-electron chi connectivity index (χ1n) is 7.47. The number of hydrogen-bond donors (Lipinski definition) is 1. The lowest BCUT2D eigenvalue weighted by atomic mass is 10.1. The number of hydrogen-bond acceptors (Lipinski definition) is 4. The van der Waals surface area contributed by atoms with E-state index < -0.39 is 0 Å². The third kappa shape index (κ3) is 5.05. The van der Waals surface area contributed by atoms with Crippen LogP contribution in [0, 0.1) is 0 Å². The summed E-state index contributed by atoms with van der Waals surface area (Å²) in [5.41, 5.74) is 1.11. The summed E-state index contributed by atoms with van der Waals surface area (Å²) in [5.74, 6) is 1.67. The molecule has 0 bridgehead atoms. The average molecular weight is 265 g/mol. The van der Waals surface area contributed by atoms with Gasteiger partial charge in [-0.3, -0.25) is 0 Å². The maximum absolute atomic E-state index is 5.97. The van der Waals surface area contributed by atoms with Gasteiger partial charge >= 0.3 is 0 Å². The molecule has 0 saturated carbocycles. The van der Waals surface area contributed by atoms with Crippen LogP contribution in [0.3, 0.4) is 0 Å². The molecule has 0 aliphatic rings. The number of ether oxygens (including phenoxy) is 1. The zero-order chi connectivity index (χ0) is 14.1. The molecule has 1 unspecified atom stereocenters. The molecule has 0 aliphatic carbocycles. The zero-order valence-electron chi connectivity index (χ0n) is 12.7. The molecule has 108 valence electrons. The van der Waals surface area contributed by atoms with Crippen molar-refractivity contribution in [1.82, 2.24) is 9.97 Å². The van der Waals surface area contributed by atoms with E-state index in [0.29, 0.717) is 0 Å². The fourth-order valence-electron chi connectivity index (χ4n) is 2.02. The Kier molecular flexibility index (Phi) is 7.23. The maximum atomic E-state index is 5.97. The van der Waals surface area contributed by atoms with Crippen LogP contribution in [0.4, 0.5) is 5.82 Å². The molecule has 1 aromatic rings. The monoisotopic (exact) mass is 265 g/mol. The zero-order valence-corrected chi connectivity index (χ0v) is 12.7. The van der Waals surface area contributed by atoms with Crippen LogP contribution >= 0.6 is 0 Å². The molecule has 0 fully saturated rings. The Labute approximate surface area is 117 Å². The summed E-state index contributed by atoms with van der Waals surface area (Å²) in [5, 5.41) is 3.36. The van der Waals surface area contributed by atoms with Crippen LogP contribution in [0.2, 0.25) is 0 Å². The number of nitrogens with one attached hydrogen (secondary N) is 1. The van der Waals surface area contributed by atoms with Crippen molar-refractivity contribution in [2.45, 2.75) is 65.9 Å². The van der Waals surface area contributed by atoms with Crippen molar-refractivity contribution in [2.24, 2.45) is 0 Å². The van der Waals surface area contributed by atoms with Crippen LogP contribution in [0.1, 0.15) is 58.9 Å². The molecule has 4 heteroatoms. The van der Waals surface area contributed by atoms with Gasteiger partial charge in [-0.1, -0.05) is 33.6 Å². The Bertz CT molecular complexity index is 368. The molecular formula is C15H27N3O. The molecule has 1 atom stereocenters. The van der Waals surface area contributed by atoms with E-state index in [4.69, 9.17) is 4.74 Å². The van der Waals surface area contributed by atoms with Gasteiger partial charge in [0, 0.05) is 6.54 Å². The van der Waals surface area contributed by atoms with E-state index in [9.17, 15) is 0 Å². The topological polar surface area (TPSA) is 47.0 Å². The van der Waals surface area contributed by atoms with Gasteiger partial charge < -0.3 is 10.1 Å². The lowest BCUT2D eigenvalue weighted by Gasteiger charge is -2.17. The van der Waals surface area contributed by atoms with Crippen molar-refractivity contribution in [3.63, 3.8) is 0 Å². The molecule has 1 aromatic heterocycles. The highest BCUT2D eigenvalue weighted by Crippen LogP contribution is 2.25. The Morgan fingerprint density at radius 3 is 2.58 bits per heavy atom. The van der Waals surface area contributed by atoms with Crippen LogP contribution in [0.15, 0.2) is 6.33 Å². The quantitative estimate of drug-likeness (QED) is 0.737. The fourth-order valence-corrected chi connectivity index (χ4v) is 2.02. The normalized spacial score (nSPS) is 12.2. The first-order chi connectivity index (χ1) is 9.22. The maximum Gasteiger partial charge on any atom is 0.222 e. The minimum Gasteiger partial charge on any atom is -0.474 e. The highest BCUT2D eigenvalue weighted by molar-refractivity contribution is 5.48. The van der Waals surface area contributed by atoms with Crippen LogP contribution in [-0.4, -0.2) is 22.6 Å². The van der Waals surface area contributed by atoms with Gasteiger partial charge in [-0.15, -0.1) is 0 Å². The molecule has 0 spiro atoms. The van der Waals surface area contributed by atoms with Crippen LogP contribution in [0.5, 0.6) is 5.88 Å². The number of rotatable bonds is 9. The summed E-state index contributed by atoms with van der Waals surface area (Å²) in [6, 6.07) is 0. The largest absolute Gasteiger partial charge is 0.474 e. The molecule has 0 aliphatic heterocycles. The van der Waals surface area contributed by atoms with E-state index >= 15 is 0 Å². The average Bonchev–Trinajstić information content (AvgIpc) is 2.39. The lowest BCUT2D eigenvalue weighted by molar-refractivity contribution is 0.199. The van der Waals surface area contributed by atoms with E-state index in [1.807, 2.05) is 0 Å². The highest BCUT2D eigenvalue weighted by atomic mass is 16.5. The van der Waals surface area contributed by atoms with Gasteiger partial charge in [-0.2, -0.15) is 0 Å². The summed E-state index contributed by atoms with van der Waals surface area (Å²) in [4.78, 5) is 8.66.